The molecular formula is C12H8Br2ClNOS. The minimum atomic E-state index is -0.181. The van der Waals surface area contributed by atoms with Gasteiger partial charge in [0, 0.05) is 0 Å². The number of anilines is 1. The van der Waals surface area contributed by atoms with E-state index in [-0.39, 0.29) is 5.91 Å². The van der Waals surface area contributed by atoms with Gasteiger partial charge in [0.15, 0.2) is 0 Å². The fraction of sp³-hybridized carbons (Fsp3) is 0.0833. The predicted octanol–water partition coefficient (Wildman–Crippen LogP) is 5.49. The van der Waals surface area contributed by atoms with Crippen molar-refractivity contribution in [1.82, 2.24) is 0 Å². The number of benzene rings is 1. The van der Waals surface area contributed by atoms with Gasteiger partial charge < -0.3 is 5.32 Å². The van der Waals surface area contributed by atoms with Crippen LogP contribution in [0.4, 0.5) is 5.69 Å². The van der Waals surface area contributed by atoms with Crippen LogP contribution >= 0.6 is 54.8 Å². The zero-order valence-electron chi connectivity index (χ0n) is 9.26. The third-order valence-electron chi connectivity index (χ3n) is 2.36. The summed E-state index contributed by atoms with van der Waals surface area (Å²) in [6.45, 7) is 1.90. The molecule has 6 heteroatoms. The molecule has 0 atom stereocenters. The van der Waals surface area contributed by atoms with E-state index >= 15 is 0 Å². The standard InChI is InChI=1S/C12H8Br2ClNOS/c1-6-3-2-4-8(15)10(6)16-12(17)7-5-9(13)18-11(7)14/h2-5H,1H3,(H,16,17). The molecule has 0 saturated heterocycles. The van der Waals surface area contributed by atoms with Gasteiger partial charge in [-0.15, -0.1) is 11.3 Å². The summed E-state index contributed by atoms with van der Waals surface area (Å²) in [5.41, 5.74) is 2.17. The first-order valence-corrected chi connectivity index (χ1v) is 7.78. The fourth-order valence-electron chi connectivity index (χ4n) is 1.47. The predicted molar refractivity (Wildman–Crippen MR) is 83.9 cm³/mol. The smallest absolute Gasteiger partial charge is 0.257 e. The number of amides is 1. The molecule has 1 heterocycles. The van der Waals surface area contributed by atoms with Gasteiger partial charge in [-0.3, -0.25) is 4.79 Å². The zero-order chi connectivity index (χ0) is 13.3. The van der Waals surface area contributed by atoms with E-state index in [9.17, 15) is 4.79 Å². The lowest BCUT2D eigenvalue weighted by molar-refractivity contribution is 0.102. The molecule has 1 aromatic carbocycles. The fourth-order valence-corrected chi connectivity index (χ4v) is 4.53. The quantitative estimate of drug-likeness (QED) is 0.698. The SMILES string of the molecule is Cc1cccc(Cl)c1NC(=O)c1cc(Br)sc1Br. The third-order valence-corrected chi connectivity index (χ3v) is 5.02. The maximum absolute atomic E-state index is 12.1. The summed E-state index contributed by atoms with van der Waals surface area (Å²) in [6.07, 6.45) is 0. The number of carbonyl (C=O) groups is 1. The van der Waals surface area contributed by atoms with Gasteiger partial charge in [0.2, 0.25) is 0 Å². The summed E-state index contributed by atoms with van der Waals surface area (Å²) < 4.78 is 1.69. The second kappa shape index (κ2) is 5.74. The Morgan fingerprint density at radius 3 is 2.67 bits per heavy atom. The maximum Gasteiger partial charge on any atom is 0.257 e. The summed E-state index contributed by atoms with van der Waals surface area (Å²) in [6, 6.07) is 7.28. The molecule has 94 valence electrons. The van der Waals surface area contributed by atoms with Gasteiger partial charge in [-0.1, -0.05) is 23.7 Å². The summed E-state index contributed by atoms with van der Waals surface area (Å²) in [7, 11) is 0. The molecule has 1 N–H and O–H groups in total. The number of nitrogens with one attached hydrogen (secondary N) is 1. The van der Waals surface area contributed by atoms with Crippen LogP contribution < -0.4 is 5.32 Å². The van der Waals surface area contributed by atoms with Crippen molar-refractivity contribution in [2.75, 3.05) is 5.32 Å². The van der Waals surface area contributed by atoms with Gasteiger partial charge in [0.05, 0.1) is 23.8 Å². The number of thiophene rings is 1. The number of halogens is 3. The van der Waals surface area contributed by atoms with Crippen molar-refractivity contribution in [3.05, 3.63) is 48.0 Å². The van der Waals surface area contributed by atoms with Crippen molar-refractivity contribution >= 4 is 66.4 Å². The van der Waals surface area contributed by atoms with Gasteiger partial charge in [-0.2, -0.15) is 0 Å². The van der Waals surface area contributed by atoms with Crippen molar-refractivity contribution in [1.29, 1.82) is 0 Å². The van der Waals surface area contributed by atoms with Gasteiger partial charge in [0.25, 0.3) is 5.91 Å². The number of aryl methyl sites for hydroxylation is 1. The first-order chi connectivity index (χ1) is 8.49. The Morgan fingerprint density at radius 2 is 2.11 bits per heavy atom. The molecule has 0 radical (unpaired) electrons. The second-order valence-corrected chi connectivity index (χ2v) is 7.78. The molecule has 18 heavy (non-hydrogen) atoms. The monoisotopic (exact) mass is 407 g/mol. The lowest BCUT2D eigenvalue weighted by Gasteiger charge is -2.09. The lowest BCUT2D eigenvalue weighted by Crippen LogP contribution is -2.12. The van der Waals surface area contributed by atoms with E-state index in [2.05, 4.69) is 37.2 Å². The van der Waals surface area contributed by atoms with E-state index in [0.717, 1.165) is 13.1 Å². The maximum atomic E-state index is 12.1. The Morgan fingerprint density at radius 1 is 1.39 bits per heavy atom. The molecule has 0 saturated carbocycles. The van der Waals surface area contributed by atoms with E-state index in [1.165, 1.54) is 11.3 Å². The average Bonchev–Trinajstić information content (AvgIpc) is 2.63. The topological polar surface area (TPSA) is 29.1 Å². The minimum absolute atomic E-state index is 0.181. The summed E-state index contributed by atoms with van der Waals surface area (Å²) in [5.74, 6) is -0.181. The van der Waals surface area contributed by atoms with Crippen LogP contribution in [0.5, 0.6) is 0 Å². The molecule has 2 nitrogen and oxygen atoms in total. The highest BCUT2D eigenvalue weighted by atomic mass is 79.9. The van der Waals surface area contributed by atoms with Crippen molar-refractivity contribution in [3.8, 4) is 0 Å². The molecule has 0 unspecified atom stereocenters. The molecule has 1 amide bonds. The normalized spacial score (nSPS) is 10.4. The molecular weight excluding hydrogens is 401 g/mol. The first-order valence-electron chi connectivity index (χ1n) is 5.00. The van der Waals surface area contributed by atoms with E-state index in [0.29, 0.717) is 16.3 Å². The Hall–Kier alpha value is -0.360. The third kappa shape index (κ3) is 2.96. The highest BCUT2D eigenvalue weighted by molar-refractivity contribution is 9.12. The van der Waals surface area contributed by atoms with E-state index in [1.54, 1.807) is 12.1 Å². The van der Waals surface area contributed by atoms with Crippen molar-refractivity contribution in [2.24, 2.45) is 0 Å². The summed E-state index contributed by atoms with van der Waals surface area (Å²) in [4.78, 5) is 12.1. The van der Waals surface area contributed by atoms with E-state index in [4.69, 9.17) is 11.6 Å². The highest BCUT2D eigenvalue weighted by Gasteiger charge is 2.15. The molecule has 0 aliphatic heterocycles. The molecule has 0 fully saturated rings. The van der Waals surface area contributed by atoms with Gasteiger partial charge in [-0.25, -0.2) is 0 Å². The van der Waals surface area contributed by atoms with Crippen molar-refractivity contribution in [3.63, 3.8) is 0 Å². The van der Waals surface area contributed by atoms with Crippen LogP contribution in [-0.2, 0) is 0 Å². The second-order valence-electron chi connectivity index (χ2n) is 3.62. The minimum Gasteiger partial charge on any atom is -0.320 e. The molecule has 0 aliphatic rings. The van der Waals surface area contributed by atoms with Crippen molar-refractivity contribution < 1.29 is 4.79 Å². The van der Waals surface area contributed by atoms with Crippen molar-refractivity contribution in [2.45, 2.75) is 6.92 Å². The Kier molecular flexibility index (Phi) is 4.48. The van der Waals surface area contributed by atoms with E-state index in [1.807, 2.05) is 19.1 Å². The number of hydrogen-bond acceptors (Lipinski definition) is 2. The number of carbonyl (C=O) groups excluding carboxylic acids is 1. The van der Waals surface area contributed by atoms with Crippen LogP contribution in [0.25, 0.3) is 0 Å². The van der Waals surface area contributed by atoms with Gasteiger partial charge >= 0.3 is 0 Å². The number of hydrogen-bond donors (Lipinski definition) is 1. The van der Waals surface area contributed by atoms with Gasteiger partial charge in [-0.05, 0) is 56.5 Å². The Balaban J connectivity index is 2.30. The molecule has 0 spiro atoms. The van der Waals surface area contributed by atoms with Crippen LogP contribution in [0.3, 0.4) is 0 Å². The van der Waals surface area contributed by atoms with Crippen LogP contribution in [0.2, 0.25) is 5.02 Å². The highest BCUT2D eigenvalue weighted by Crippen LogP contribution is 2.33. The number of rotatable bonds is 2. The molecule has 0 bridgehead atoms. The largest absolute Gasteiger partial charge is 0.320 e. The number of para-hydroxylation sites is 1. The molecule has 2 aromatic rings. The lowest BCUT2D eigenvalue weighted by atomic mass is 10.2. The Labute approximate surface area is 131 Å². The molecule has 0 aliphatic carbocycles. The molecule has 1 aromatic heterocycles. The van der Waals surface area contributed by atoms with Crippen LogP contribution in [0.15, 0.2) is 31.8 Å². The van der Waals surface area contributed by atoms with Crippen LogP contribution in [-0.4, -0.2) is 5.91 Å². The van der Waals surface area contributed by atoms with E-state index < -0.39 is 0 Å². The van der Waals surface area contributed by atoms with Gasteiger partial charge in [0.1, 0.15) is 0 Å². The Bertz CT molecular complexity index is 592. The molecule has 2 rings (SSSR count). The average molecular weight is 410 g/mol. The van der Waals surface area contributed by atoms with Crippen LogP contribution in [0.1, 0.15) is 15.9 Å². The summed E-state index contributed by atoms with van der Waals surface area (Å²) in [5, 5.41) is 3.37. The summed E-state index contributed by atoms with van der Waals surface area (Å²) >= 11 is 14.2. The van der Waals surface area contributed by atoms with Crippen LogP contribution in [0, 0.1) is 6.92 Å². The first kappa shape index (κ1) is 14.1. The zero-order valence-corrected chi connectivity index (χ0v) is 14.0.